The first-order valence-electron chi connectivity index (χ1n) is 7.88. The van der Waals surface area contributed by atoms with Crippen LogP contribution in [0.5, 0.6) is 11.5 Å². The first kappa shape index (κ1) is 19.6. The predicted molar refractivity (Wildman–Crippen MR) is 98.5 cm³/mol. The molecule has 0 radical (unpaired) electrons. The van der Waals surface area contributed by atoms with Crippen LogP contribution in [0.4, 0.5) is 21.9 Å². The van der Waals surface area contributed by atoms with Crippen LogP contribution >= 0.6 is 0 Å². The third kappa shape index (κ3) is 5.63. The van der Waals surface area contributed by atoms with Crippen LogP contribution in [0.25, 0.3) is 0 Å². The molecule has 0 heterocycles. The number of carbonyl (C=O) groups is 3. The Morgan fingerprint density at radius 1 is 0.926 bits per heavy atom. The van der Waals surface area contributed by atoms with Gasteiger partial charge < -0.3 is 20.8 Å². The van der Waals surface area contributed by atoms with Crippen LogP contribution in [0.3, 0.4) is 0 Å². The third-order valence-corrected chi connectivity index (χ3v) is 3.41. The number of phenolic OH excluding ortho intramolecular Hbond substituents is 2. The van der Waals surface area contributed by atoms with Crippen molar-refractivity contribution in [1.82, 2.24) is 0 Å². The molecule has 0 fully saturated rings. The molecular formula is C18H18N4O5. The summed E-state index contributed by atoms with van der Waals surface area (Å²) in [6.45, 7) is 2.53. The number of phenols is 2. The zero-order chi connectivity index (χ0) is 20.0. The fourth-order valence-electron chi connectivity index (χ4n) is 2.09. The number of nitrogens with zero attached hydrogens (tertiary/aromatic N) is 2. The maximum absolute atomic E-state index is 12.0. The summed E-state index contributed by atoms with van der Waals surface area (Å²) in [4.78, 5) is 34.6. The van der Waals surface area contributed by atoms with Gasteiger partial charge in [-0.1, -0.05) is 0 Å². The van der Waals surface area contributed by atoms with E-state index in [2.05, 4.69) is 20.9 Å². The van der Waals surface area contributed by atoms with E-state index in [9.17, 15) is 24.6 Å². The smallest absolute Gasteiger partial charge is 0.323 e. The van der Waals surface area contributed by atoms with Gasteiger partial charge in [0.2, 0.25) is 0 Å². The summed E-state index contributed by atoms with van der Waals surface area (Å²) >= 11 is 0. The molecule has 0 unspecified atom stereocenters. The van der Waals surface area contributed by atoms with Crippen LogP contribution in [-0.2, 0) is 9.59 Å². The van der Waals surface area contributed by atoms with Crippen LogP contribution < -0.4 is 10.6 Å². The quantitative estimate of drug-likeness (QED) is 0.267. The topological polar surface area (TPSA) is 140 Å². The van der Waals surface area contributed by atoms with Crippen molar-refractivity contribution in [3.05, 3.63) is 42.5 Å². The Balaban J connectivity index is 2.00. The molecule has 0 aliphatic heterocycles. The van der Waals surface area contributed by atoms with Gasteiger partial charge in [-0.25, -0.2) is 4.79 Å². The second-order valence-corrected chi connectivity index (χ2v) is 5.67. The Hall–Kier alpha value is -3.75. The predicted octanol–water partition coefficient (Wildman–Crippen LogP) is 3.37. The number of hydrogen-bond donors (Lipinski definition) is 4. The minimum Gasteiger partial charge on any atom is -0.508 e. The van der Waals surface area contributed by atoms with Gasteiger partial charge in [0.15, 0.2) is 17.6 Å². The van der Waals surface area contributed by atoms with Crippen molar-refractivity contribution in [2.75, 3.05) is 10.6 Å². The standard InChI is InChI=1S/C18H18N4O5/c1-10(23)17(11(2)24)22-21-13-5-3-12(4-6-13)19-18(27)20-15-9-14(25)7-8-16(15)26/h3-9,17,25-26H,1-2H3,(H2,19,20,27). The molecular weight excluding hydrogens is 352 g/mol. The molecule has 0 aliphatic carbocycles. The summed E-state index contributed by atoms with van der Waals surface area (Å²) in [5.74, 6) is -1.08. The molecule has 0 atom stereocenters. The van der Waals surface area contributed by atoms with Crippen molar-refractivity contribution in [1.29, 1.82) is 0 Å². The lowest BCUT2D eigenvalue weighted by atomic mass is 10.1. The van der Waals surface area contributed by atoms with Gasteiger partial charge in [-0.3, -0.25) is 9.59 Å². The van der Waals surface area contributed by atoms with Gasteiger partial charge in [-0.05, 0) is 50.2 Å². The molecule has 0 bridgehead atoms. The Labute approximate surface area is 154 Å². The van der Waals surface area contributed by atoms with Gasteiger partial charge in [0, 0.05) is 11.8 Å². The second kappa shape index (κ2) is 8.56. The van der Waals surface area contributed by atoms with Gasteiger partial charge in [-0.2, -0.15) is 10.2 Å². The Morgan fingerprint density at radius 2 is 1.56 bits per heavy atom. The molecule has 2 rings (SSSR count). The minimum absolute atomic E-state index is 0.0532. The lowest BCUT2D eigenvalue weighted by Crippen LogP contribution is -2.23. The Bertz CT molecular complexity index is 879. The number of hydrogen-bond acceptors (Lipinski definition) is 7. The molecule has 9 heteroatoms. The number of amides is 2. The van der Waals surface area contributed by atoms with Crippen molar-refractivity contribution in [3.8, 4) is 11.5 Å². The van der Waals surface area contributed by atoms with Crippen LogP contribution in [0.2, 0.25) is 0 Å². The van der Waals surface area contributed by atoms with Crippen molar-refractivity contribution in [2.24, 2.45) is 10.2 Å². The fourth-order valence-corrected chi connectivity index (χ4v) is 2.09. The number of urea groups is 1. The number of carbonyl (C=O) groups excluding carboxylic acids is 3. The van der Waals surface area contributed by atoms with E-state index in [4.69, 9.17) is 0 Å². The zero-order valence-electron chi connectivity index (χ0n) is 14.6. The van der Waals surface area contributed by atoms with Crippen LogP contribution in [-0.4, -0.2) is 33.9 Å². The van der Waals surface area contributed by atoms with E-state index in [0.717, 1.165) is 0 Å². The second-order valence-electron chi connectivity index (χ2n) is 5.67. The van der Waals surface area contributed by atoms with Crippen molar-refractivity contribution in [2.45, 2.75) is 19.9 Å². The third-order valence-electron chi connectivity index (χ3n) is 3.41. The monoisotopic (exact) mass is 370 g/mol. The lowest BCUT2D eigenvalue weighted by molar-refractivity contribution is -0.126. The molecule has 0 saturated heterocycles. The largest absolute Gasteiger partial charge is 0.508 e. The maximum atomic E-state index is 12.0. The number of benzene rings is 2. The minimum atomic E-state index is -1.12. The number of azo groups is 1. The van der Waals surface area contributed by atoms with Crippen molar-refractivity contribution < 1.29 is 24.6 Å². The number of nitrogens with one attached hydrogen (secondary N) is 2. The van der Waals surface area contributed by atoms with Gasteiger partial charge in [0.05, 0.1) is 11.4 Å². The number of anilines is 2. The van der Waals surface area contributed by atoms with Crippen molar-refractivity contribution in [3.63, 3.8) is 0 Å². The fraction of sp³-hybridized carbons (Fsp3) is 0.167. The van der Waals surface area contributed by atoms with E-state index in [0.29, 0.717) is 11.4 Å². The highest BCUT2D eigenvalue weighted by molar-refractivity contribution is 6.04. The molecule has 27 heavy (non-hydrogen) atoms. The lowest BCUT2D eigenvalue weighted by Gasteiger charge is -2.09. The van der Waals surface area contributed by atoms with Gasteiger partial charge in [-0.15, -0.1) is 0 Å². The number of ketones is 2. The van der Waals surface area contributed by atoms with E-state index in [1.807, 2.05) is 0 Å². The summed E-state index contributed by atoms with van der Waals surface area (Å²) in [5.41, 5.74) is 0.886. The molecule has 2 amide bonds. The highest BCUT2D eigenvalue weighted by Crippen LogP contribution is 2.27. The molecule has 0 spiro atoms. The SMILES string of the molecule is CC(=O)C(N=Nc1ccc(NC(=O)Nc2cc(O)ccc2O)cc1)C(C)=O. The van der Waals surface area contributed by atoms with Crippen LogP contribution in [0, 0.1) is 0 Å². The number of rotatable bonds is 6. The van der Waals surface area contributed by atoms with Crippen LogP contribution in [0.1, 0.15) is 13.8 Å². The average molecular weight is 370 g/mol. The molecule has 4 N–H and O–H groups in total. The Kier molecular flexibility index (Phi) is 6.21. The van der Waals surface area contributed by atoms with E-state index >= 15 is 0 Å². The molecule has 0 aromatic heterocycles. The first-order valence-corrected chi connectivity index (χ1v) is 7.88. The van der Waals surface area contributed by atoms with Gasteiger partial charge in [0.1, 0.15) is 11.5 Å². The van der Waals surface area contributed by atoms with E-state index in [1.54, 1.807) is 24.3 Å². The van der Waals surface area contributed by atoms with Gasteiger partial charge in [0.25, 0.3) is 0 Å². The van der Waals surface area contributed by atoms with E-state index in [1.165, 1.54) is 32.0 Å². The van der Waals surface area contributed by atoms with Crippen molar-refractivity contribution >= 4 is 34.7 Å². The molecule has 9 nitrogen and oxygen atoms in total. The maximum Gasteiger partial charge on any atom is 0.323 e. The highest BCUT2D eigenvalue weighted by Gasteiger charge is 2.18. The Morgan fingerprint density at radius 3 is 2.15 bits per heavy atom. The molecule has 0 saturated carbocycles. The highest BCUT2D eigenvalue weighted by atomic mass is 16.3. The zero-order valence-corrected chi connectivity index (χ0v) is 14.6. The summed E-state index contributed by atoms with van der Waals surface area (Å²) in [5, 5.41) is 31.6. The molecule has 140 valence electrons. The van der Waals surface area contributed by atoms with E-state index < -0.39 is 23.6 Å². The number of aromatic hydroxyl groups is 2. The summed E-state index contributed by atoms with van der Waals surface area (Å²) in [6.07, 6.45) is 0. The number of Topliss-reactive ketones (excluding diaryl/α,β-unsaturated/α-hetero) is 2. The summed E-state index contributed by atoms with van der Waals surface area (Å²) in [7, 11) is 0. The summed E-state index contributed by atoms with van der Waals surface area (Å²) in [6, 6.07) is 8.18. The van der Waals surface area contributed by atoms with Gasteiger partial charge >= 0.3 is 6.03 Å². The van der Waals surface area contributed by atoms with Crippen LogP contribution in [0.15, 0.2) is 52.7 Å². The normalized spacial score (nSPS) is 10.8. The summed E-state index contributed by atoms with van der Waals surface area (Å²) < 4.78 is 0. The van der Waals surface area contributed by atoms with E-state index in [-0.39, 0.29) is 17.2 Å². The molecule has 2 aromatic carbocycles. The molecule has 0 aliphatic rings. The molecule has 2 aromatic rings. The average Bonchev–Trinajstić information content (AvgIpc) is 2.59. The first-order chi connectivity index (χ1) is 12.8.